The summed E-state index contributed by atoms with van der Waals surface area (Å²) in [6, 6.07) is 19.6. The zero-order valence-electron chi connectivity index (χ0n) is 15.9. The highest BCUT2D eigenvalue weighted by molar-refractivity contribution is 6.10. The summed E-state index contributed by atoms with van der Waals surface area (Å²) in [4.78, 5) is 16.1. The van der Waals surface area contributed by atoms with Crippen LogP contribution in [0.3, 0.4) is 0 Å². The number of benzene rings is 2. The third-order valence-electron chi connectivity index (χ3n) is 4.97. The zero-order valence-corrected chi connectivity index (χ0v) is 15.9. The van der Waals surface area contributed by atoms with Crippen molar-refractivity contribution < 1.29 is 9.53 Å². The number of pyridine rings is 1. The minimum Gasteiger partial charge on any atom is -0.383 e. The lowest BCUT2D eigenvalue weighted by Gasteiger charge is -2.16. The number of hydrogen-bond donors (Lipinski definition) is 3. The highest BCUT2D eigenvalue weighted by atomic mass is 16.5. The quantitative estimate of drug-likeness (QED) is 0.419. The van der Waals surface area contributed by atoms with Crippen LogP contribution in [-0.2, 0) is 17.7 Å². The van der Waals surface area contributed by atoms with Crippen molar-refractivity contribution >= 4 is 33.7 Å². The lowest BCUT2D eigenvalue weighted by molar-refractivity contribution is 0.0495. The molecule has 0 aliphatic rings. The highest BCUT2D eigenvalue weighted by Crippen LogP contribution is 2.30. The summed E-state index contributed by atoms with van der Waals surface area (Å²) in [5, 5.41) is 1.76. The molecule has 4 rings (SSSR count). The predicted molar refractivity (Wildman–Crippen MR) is 114 cm³/mol. The Bertz CT molecular complexity index is 1170. The van der Waals surface area contributed by atoms with Crippen molar-refractivity contribution in [1.82, 2.24) is 9.55 Å². The number of para-hydroxylation sites is 1. The number of nitrogen functional groups attached to an aromatic ring is 1. The van der Waals surface area contributed by atoms with Crippen LogP contribution in [-0.4, -0.2) is 28.3 Å². The Morgan fingerprint density at radius 2 is 1.79 bits per heavy atom. The van der Waals surface area contributed by atoms with Crippen LogP contribution in [0.5, 0.6) is 0 Å². The maximum absolute atomic E-state index is 11.7. The molecule has 148 valence electrons. The molecule has 0 aliphatic heterocycles. The Morgan fingerprint density at radius 3 is 2.55 bits per heavy atom. The summed E-state index contributed by atoms with van der Waals surface area (Å²) in [6.45, 7) is 0.921. The molecule has 2 heterocycles. The summed E-state index contributed by atoms with van der Waals surface area (Å²) in [5.74, 6) is -0.498. The number of anilines is 1. The average Bonchev–Trinajstić information content (AvgIpc) is 3.01. The normalized spacial score (nSPS) is 12.4. The third-order valence-corrected chi connectivity index (χ3v) is 4.97. The average molecular weight is 389 g/mol. The molecule has 0 fully saturated rings. The number of rotatable bonds is 7. The molecule has 1 amide bonds. The standard InChI is InChI=1S/C22H23N5O2/c23-19(29-11-10-14-6-2-1-3-7-14)13-27-18-9-5-4-8-15(18)16-12-17(21(25)28)20(24)26-22(16)27/h1-9,12,19H,10-11,13,23H2,(H2,24,26)(H2,25,28)/t19-/m0/s1. The number of fused-ring (bicyclic) bond motifs is 3. The van der Waals surface area contributed by atoms with Crippen molar-refractivity contribution in [3.05, 3.63) is 71.8 Å². The molecule has 29 heavy (non-hydrogen) atoms. The fourth-order valence-corrected chi connectivity index (χ4v) is 3.56. The zero-order chi connectivity index (χ0) is 20.4. The summed E-state index contributed by atoms with van der Waals surface area (Å²) in [6.07, 6.45) is 0.270. The van der Waals surface area contributed by atoms with E-state index in [1.165, 1.54) is 5.56 Å². The van der Waals surface area contributed by atoms with E-state index in [-0.39, 0.29) is 11.4 Å². The molecule has 0 saturated heterocycles. The van der Waals surface area contributed by atoms with Crippen molar-refractivity contribution in [2.75, 3.05) is 12.3 Å². The molecule has 7 heteroatoms. The van der Waals surface area contributed by atoms with Gasteiger partial charge in [-0.1, -0.05) is 48.5 Å². The second kappa shape index (κ2) is 7.90. The smallest absolute Gasteiger partial charge is 0.252 e. The van der Waals surface area contributed by atoms with E-state index in [4.69, 9.17) is 21.9 Å². The van der Waals surface area contributed by atoms with Crippen LogP contribution >= 0.6 is 0 Å². The van der Waals surface area contributed by atoms with E-state index >= 15 is 0 Å². The van der Waals surface area contributed by atoms with E-state index in [9.17, 15) is 4.79 Å². The van der Waals surface area contributed by atoms with Crippen LogP contribution in [0.15, 0.2) is 60.7 Å². The maximum Gasteiger partial charge on any atom is 0.252 e. The molecule has 0 spiro atoms. The Hall–Kier alpha value is -3.42. The number of ether oxygens (including phenoxy) is 1. The number of hydrogen-bond acceptors (Lipinski definition) is 5. The molecule has 2 aromatic carbocycles. The number of amides is 1. The van der Waals surface area contributed by atoms with Gasteiger partial charge in [-0.2, -0.15) is 0 Å². The summed E-state index contributed by atoms with van der Waals surface area (Å²) >= 11 is 0. The van der Waals surface area contributed by atoms with E-state index in [0.717, 1.165) is 22.7 Å². The first kappa shape index (κ1) is 18.9. The summed E-state index contributed by atoms with van der Waals surface area (Å²) in [7, 11) is 0. The fourth-order valence-electron chi connectivity index (χ4n) is 3.56. The molecular formula is C22H23N5O2. The van der Waals surface area contributed by atoms with E-state index < -0.39 is 12.1 Å². The molecule has 6 N–H and O–H groups in total. The molecule has 0 aliphatic carbocycles. The second-order valence-corrected chi connectivity index (χ2v) is 6.93. The van der Waals surface area contributed by atoms with Gasteiger partial charge in [0.1, 0.15) is 17.7 Å². The van der Waals surface area contributed by atoms with Gasteiger partial charge < -0.3 is 26.5 Å². The SMILES string of the molecule is NC(=O)c1cc2c3ccccc3n(C[C@@H](N)OCCc3ccccc3)c2nc1N. The van der Waals surface area contributed by atoms with Gasteiger partial charge in [0.15, 0.2) is 0 Å². The van der Waals surface area contributed by atoms with Gasteiger partial charge in [0.2, 0.25) is 0 Å². The van der Waals surface area contributed by atoms with Gasteiger partial charge in [-0.15, -0.1) is 0 Å². The number of aromatic nitrogens is 2. The van der Waals surface area contributed by atoms with E-state index in [0.29, 0.717) is 18.8 Å². The molecule has 0 bridgehead atoms. The Kier molecular flexibility index (Phi) is 5.16. The van der Waals surface area contributed by atoms with Crippen LogP contribution in [0.1, 0.15) is 15.9 Å². The Labute approximate surface area is 168 Å². The first-order valence-corrected chi connectivity index (χ1v) is 9.43. The second-order valence-electron chi connectivity index (χ2n) is 6.93. The molecule has 1 atom stereocenters. The Morgan fingerprint density at radius 1 is 1.07 bits per heavy atom. The summed E-state index contributed by atoms with van der Waals surface area (Å²) in [5.41, 5.74) is 20.7. The minimum atomic E-state index is -0.602. The van der Waals surface area contributed by atoms with E-state index in [2.05, 4.69) is 17.1 Å². The van der Waals surface area contributed by atoms with Crippen LogP contribution < -0.4 is 17.2 Å². The van der Waals surface area contributed by atoms with Gasteiger partial charge in [-0.25, -0.2) is 4.98 Å². The third kappa shape index (κ3) is 3.78. The fraction of sp³-hybridized carbons (Fsp3) is 0.182. The first-order valence-electron chi connectivity index (χ1n) is 9.43. The van der Waals surface area contributed by atoms with Gasteiger partial charge in [0.05, 0.1) is 24.2 Å². The van der Waals surface area contributed by atoms with Gasteiger partial charge in [0.25, 0.3) is 5.91 Å². The first-order chi connectivity index (χ1) is 14.0. The monoisotopic (exact) mass is 389 g/mol. The van der Waals surface area contributed by atoms with Gasteiger partial charge in [-0.05, 0) is 24.1 Å². The van der Waals surface area contributed by atoms with Crippen molar-refractivity contribution in [1.29, 1.82) is 0 Å². The molecule has 2 aromatic heterocycles. The number of carbonyl (C=O) groups is 1. The van der Waals surface area contributed by atoms with Crippen molar-refractivity contribution in [2.45, 2.75) is 19.2 Å². The van der Waals surface area contributed by atoms with E-state index in [1.54, 1.807) is 6.07 Å². The molecule has 7 nitrogen and oxygen atoms in total. The lowest BCUT2D eigenvalue weighted by atomic mass is 10.1. The van der Waals surface area contributed by atoms with Crippen LogP contribution in [0, 0.1) is 0 Å². The number of nitrogens with zero attached hydrogens (tertiary/aromatic N) is 2. The van der Waals surface area contributed by atoms with Crippen molar-refractivity contribution in [3.8, 4) is 0 Å². The highest BCUT2D eigenvalue weighted by Gasteiger charge is 2.18. The Balaban J connectivity index is 1.62. The van der Waals surface area contributed by atoms with Gasteiger partial charge in [0, 0.05) is 10.8 Å². The minimum absolute atomic E-state index is 0.104. The number of carbonyl (C=O) groups excluding carboxylic acids is 1. The number of nitrogens with two attached hydrogens (primary N) is 3. The van der Waals surface area contributed by atoms with Gasteiger partial charge >= 0.3 is 0 Å². The topological polar surface area (TPSA) is 122 Å². The van der Waals surface area contributed by atoms with Gasteiger partial charge in [-0.3, -0.25) is 4.79 Å². The largest absolute Gasteiger partial charge is 0.383 e. The van der Waals surface area contributed by atoms with Crippen LogP contribution in [0.4, 0.5) is 5.82 Å². The molecule has 0 saturated carbocycles. The molecule has 0 unspecified atom stereocenters. The van der Waals surface area contributed by atoms with Crippen molar-refractivity contribution in [3.63, 3.8) is 0 Å². The van der Waals surface area contributed by atoms with Crippen LogP contribution in [0.25, 0.3) is 21.9 Å². The summed E-state index contributed by atoms with van der Waals surface area (Å²) < 4.78 is 7.80. The molecule has 0 radical (unpaired) electrons. The van der Waals surface area contributed by atoms with Crippen molar-refractivity contribution in [2.24, 2.45) is 11.5 Å². The van der Waals surface area contributed by atoms with E-state index in [1.807, 2.05) is 47.0 Å². The molecule has 4 aromatic rings. The lowest BCUT2D eigenvalue weighted by Crippen LogP contribution is -2.30. The molecular weight excluding hydrogens is 366 g/mol. The van der Waals surface area contributed by atoms with Crippen LogP contribution in [0.2, 0.25) is 0 Å². The maximum atomic E-state index is 11.7. The predicted octanol–water partition coefficient (Wildman–Crippen LogP) is 2.41. The number of primary amides is 1.